The third kappa shape index (κ3) is 4.71. The van der Waals surface area contributed by atoms with Gasteiger partial charge in [0.15, 0.2) is 0 Å². The highest BCUT2D eigenvalue weighted by atomic mass is 35.5. The summed E-state index contributed by atoms with van der Waals surface area (Å²) in [6.07, 6.45) is 2.72. The third-order valence-electron chi connectivity index (χ3n) is 3.36. The number of amides is 4. The molecule has 4 amide bonds. The Kier molecular flexibility index (Phi) is 6.37. The lowest BCUT2D eigenvalue weighted by molar-refractivity contribution is -0.123. The van der Waals surface area contributed by atoms with Gasteiger partial charge < -0.3 is 14.6 Å². The fraction of sp³-hybridized carbons (Fsp3) is 0.312. The number of hydrogen-bond acceptors (Lipinski definition) is 6. The predicted octanol–water partition coefficient (Wildman–Crippen LogP) is 1.60. The quantitative estimate of drug-likeness (QED) is 0.382. The van der Waals surface area contributed by atoms with E-state index < -0.39 is 17.8 Å². The zero-order chi connectivity index (χ0) is 18.4. The number of imide groups is 2. The van der Waals surface area contributed by atoms with Crippen molar-refractivity contribution in [2.24, 2.45) is 0 Å². The van der Waals surface area contributed by atoms with Crippen molar-refractivity contribution in [1.82, 2.24) is 10.6 Å². The normalized spacial score (nSPS) is 14.2. The molecule has 0 unspecified atom stereocenters. The highest BCUT2D eigenvalue weighted by Crippen LogP contribution is 2.37. The summed E-state index contributed by atoms with van der Waals surface area (Å²) in [7, 11) is 1.62. The second-order valence-corrected chi connectivity index (χ2v) is 5.54. The van der Waals surface area contributed by atoms with E-state index in [1.165, 1.54) is 12.1 Å². The maximum Gasteiger partial charge on any atom is 0.328 e. The minimum Gasteiger partial charge on any atom is -0.506 e. The first-order valence-corrected chi connectivity index (χ1v) is 7.83. The van der Waals surface area contributed by atoms with Gasteiger partial charge in [-0.05, 0) is 31.1 Å². The lowest BCUT2D eigenvalue weighted by atomic mass is 10.1. The maximum absolute atomic E-state index is 11.7. The Bertz CT molecular complexity index is 710. The molecule has 134 valence electrons. The van der Waals surface area contributed by atoms with Crippen molar-refractivity contribution in [1.29, 1.82) is 0 Å². The number of ether oxygens (including phenoxy) is 2. The van der Waals surface area contributed by atoms with Crippen LogP contribution in [0.4, 0.5) is 4.79 Å². The van der Waals surface area contributed by atoms with Crippen LogP contribution < -0.4 is 15.4 Å². The van der Waals surface area contributed by atoms with Gasteiger partial charge in [-0.25, -0.2) is 4.79 Å². The van der Waals surface area contributed by atoms with Crippen LogP contribution in [-0.4, -0.2) is 43.3 Å². The number of nitrogens with one attached hydrogen (secondary N) is 2. The molecule has 9 heteroatoms. The van der Waals surface area contributed by atoms with E-state index in [4.69, 9.17) is 21.1 Å². The fourth-order valence-corrected chi connectivity index (χ4v) is 2.31. The van der Waals surface area contributed by atoms with Gasteiger partial charge in [0.2, 0.25) is 0 Å². The summed E-state index contributed by atoms with van der Waals surface area (Å²) in [5, 5.41) is 14.0. The second-order valence-electron chi connectivity index (χ2n) is 5.16. The molecular weight excluding hydrogens is 352 g/mol. The van der Waals surface area contributed by atoms with E-state index in [1.54, 1.807) is 7.11 Å². The number of carbonyl (C=O) groups excluding carboxylic acids is 3. The average Bonchev–Trinajstić information content (AvgIpc) is 2.56. The number of barbiturate groups is 1. The molecule has 0 spiro atoms. The number of hydrogen-bond donors (Lipinski definition) is 3. The molecule has 1 heterocycles. The zero-order valence-corrected chi connectivity index (χ0v) is 14.2. The van der Waals surface area contributed by atoms with Gasteiger partial charge in [0, 0.05) is 19.3 Å². The van der Waals surface area contributed by atoms with Gasteiger partial charge in [0.25, 0.3) is 11.8 Å². The molecule has 0 atom stereocenters. The monoisotopic (exact) mass is 368 g/mol. The van der Waals surface area contributed by atoms with Crippen LogP contribution in [0.5, 0.6) is 11.5 Å². The van der Waals surface area contributed by atoms with Crippen molar-refractivity contribution in [3.63, 3.8) is 0 Å². The minimum atomic E-state index is -0.897. The van der Waals surface area contributed by atoms with Crippen LogP contribution in [0.15, 0.2) is 17.7 Å². The summed E-state index contributed by atoms with van der Waals surface area (Å²) in [5.41, 5.74) is -0.175. The van der Waals surface area contributed by atoms with E-state index in [2.05, 4.69) is 0 Å². The Morgan fingerprint density at radius 3 is 2.40 bits per heavy atom. The zero-order valence-electron chi connectivity index (χ0n) is 13.4. The Morgan fingerprint density at radius 2 is 1.76 bits per heavy atom. The molecule has 2 rings (SSSR count). The van der Waals surface area contributed by atoms with Gasteiger partial charge in [0.1, 0.15) is 22.1 Å². The fourth-order valence-electron chi connectivity index (χ4n) is 2.08. The van der Waals surface area contributed by atoms with Crippen LogP contribution in [0.25, 0.3) is 6.08 Å². The van der Waals surface area contributed by atoms with Crippen molar-refractivity contribution >= 4 is 35.5 Å². The van der Waals surface area contributed by atoms with Gasteiger partial charge in [-0.15, -0.1) is 0 Å². The molecule has 1 fully saturated rings. The molecular formula is C16H17ClN2O6. The number of aromatic hydroxyl groups is 1. The number of carbonyl (C=O) groups is 3. The lowest BCUT2D eigenvalue weighted by Gasteiger charge is -2.15. The first kappa shape index (κ1) is 18.8. The number of rotatable bonds is 7. The standard InChI is InChI=1S/C16H17ClN2O6/c1-24-6-2-3-7-25-11-5-4-9(13(20)12(11)17)8-10-14(21)18-16(23)19-15(10)22/h4-5,8,20H,2-3,6-7H2,1H3,(H2,18,19,21,22,23). The number of unbranched alkanes of at least 4 members (excludes halogenated alkanes) is 1. The van der Waals surface area contributed by atoms with E-state index >= 15 is 0 Å². The van der Waals surface area contributed by atoms with E-state index in [0.717, 1.165) is 18.9 Å². The van der Waals surface area contributed by atoms with Gasteiger partial charge in [0.05, 0.1) is 6.61 Å². The highest BCUT2D eigenvalue weighted by Gasteiger charge is 2.28. The number of phenolic OH excluding ortho intramolecular Hbond substituents is 1. The van der Waals surface area contributed by atoms with Crippen LogP contribution in [0.3, 0.4) is 0 Å². The number of methoxy groups -OCH3 is 1. The number of urea groups is 1. The van der Waals surface area contributed by atoms with Crippen molar-refractivity contribution in [2.75, 3.05) is 20.3 Å². The van der Waals surface area contributed by atoms with E-state index in [0.29, 0.717) is 13.2 Å². The smallest absolute Gasteiger partial charge is 0.328 e. The van der Waals surface area contributed by atoms with Gasteiger partial charge in [-0.2, -0.15) is 0 Å². The maximum atomic E-state index is 11.7. The van der Waals surface area contributed by atoms with Crippen LogP contribution in [-0.2, 0) is 14.3 Å². The van der Waals surface area contributed by atoms with Crippen molar-refractivity contribution < 1.29 is 29.0 Å². The summed E-state index contributed by atoms with van der Waals surface area (Å²) >= 11 is 6.07. The van der Waals surface area contributed by atoms with Gasteiger partial charge in [-0.1, -0.05) is 11.6 Å². The molecule has 25 heavy (non-hydrogen) atoms. The summed E-state index contributed by atoms with van der Waals surface area (Å²) < 4.78 is 10.4. The van der Waals surface area contributed by atoms with E-state index in [9.17, 15) is 19.5 Å². The molecule has 1 aromatic rings. The molecule has 1 aliphatic rings. The first-order chi connectivity index (χ1) is 11.9. The molecule has 0 aliphatic carbocycles. The molecule has 1 saturated heterocycles. The molecule has 0 bridgehead atoms. The minimum absolute atomic E-state index is 0.0335. The average molecular weight is 369 g/mol. The van der Waals surface area contributed by atoms with Crippen LogP contribution in [0, 0.1) is 0 Å². The van der Waals surface area contributed by atoms with Crippen LogP contribution >= 0.6 is 11.6 Å². The largest absolute Gasteiger partial charge is 0.506 e. The van der Waals surface area contributed by atoms with E-state index in [-0.39, 0.29) is 27.7 Å². The Balaban J connectivity index is 2.14. The van der Waals surface area contributed by atoms with Crippen molar-refractivity contribution in [3.8, 4) is 11.5 Å². The van der Waals surface area contributed by atoms with Crippen LogP contribution in [0.2, 0.25) is 5.02 Å². The second kappa shape index (κ2) is 8.50. The third-order valence-corrected chi connectivity index (χ3v) is 3.72. The van der Waals surface area contributed by atoms with Crippen LogP contribution in [0.1, 0.15) is 18.4 Å². The molecule has 0 saturated carbocycles. The molecule has 1 aliphatic heterocycles. The van der Waals surface area contributed by atoms with Crippen molar-refractivity contribution in [2.45, 2.75) is 12.8 Å². The molecule has 0 radical (unpaired) electrons. The summed E-state index contributed by atoms with van der Waals surface area (Å²) in [4.78, 5) is 34.4. The van der Waals surface area contributed by atoms with E-state index in [1.807, 2.05) is 10.6 Å². The predicted molar refractivity (Wildman–Crippen MR) is 89.4 cm³/mol. The Morgan fingerprint density at radius 1 is 1.12 bits per heavy atom. The Hall–Kier alpha value is -2.58. The lowest BCUT2D eigenvalue weighted by Crippen LogP contribution is -2.51. The SMILES string of the molecule is COCCCCOc1ccc(C=C2C(=O)NC(=O)NC2=O)c(O)c1Cl. The first-order valence-electron chi connectivity index (χ1n) is 7.45. The summed E-state index contributed by atoms with van der Waals surface area (Å²) in [6, 6.07) is 2.08. The molecule has 8 nitrogen and oxygen atoms in total. The molecule has 3 N–H and O–H groups in total. The molecule has 1 aromatic carbocycles. The number of halogens is 1. The number of benzene rings is 1. The van der Waals surface area contributed by atoms with Gasteiger partial charge >= 0.3 is 6.03 Å². The van der Waals surface area contributed by atoms with Gasteiger partial charge in [-0.3, -0.25) is 20.2 Å². The summed E-state index contributed by atoms with van der Waals surface area (Å²) in [6.45, 7) is 1.03. The Labute approximate surface area is 148 Å². The topological polar surface area (TPSA) is 114 Å². The number of phenols is 1. The molecule has 0 aromatic heterocycles. The van der Waals surface area contributed by atoms with Crippen molar-refractivity contribution in [3.05, 3.63) is 28.3 Å². The summed E-state index contributed by atoms with van der Waals surface area (Å²) in [5.74, 6) is -1.77. The highest BCUT2D eigenvalue weighted by molar-refractivity contribution is 6.34.